The molecule has 0 bridgehead atoms. The zero-order valence-corrected chi connectivity index (χ0v) is 12.7. The number of aliphatic hydroxyl groups excluding tert-OH is 1. The molecule has 6 heteroatoms. The Morgan fingerprint density at radius 1 is 1.38 bits per heavy atom. The van der Waals surface area contributed by atoms with Gasteiger partial charge in [-0.15, -0.1) is 0 Å². The molecule has 0 aliphatic rings. The molecule has 1 aromatic carbocycles. The Labute approximate surface area is 124 Å². The summed E-state index contributed by atoms with van der Waals surface area (Å²) in [7, 11) is 0. The summed E-state index contributed by atoms with van der Waals surface area (Å²) in [6.45, 7) is 6.49. The summed E-state index contributed by atoms with van der Waals surface area (Å²) in [6.07, 6.45) is 0. The second kappa shape index (κ2) is 8.59. The lowest BCUT2D eigenvalue weighted by molar-refractivity contribution is 0.0757. The molecule has 0 heterocycles. The van der Waals surface area contributed by atoms with Gasteiger partial charge in [0.2, 0.25) is 0 Å². The van der Waals surface area contributed by atoms with Gasteiger partial charge < -0.3 is 20.1 Å². The van der Waals surface area contributed by atoms with Crippen molar-refractivity contribution in [1.82, 2.24) is 4.90 Å². The number of hydrogen-bond acceptors (Lipinski definition) is 3. The summed E-state index contributed by atoms with van der Waals surface area (Å²) in [5, 5.41) is 11.3. The summed E-state index contributed by atoms with van der Waals surface area (Å²) in [6, 6.07) is 4.08. The molecule has 21 heavy (non-hydrogen) atoms. The van der Waals surface area contributed by atoms with E-state index in [4.69, 9.17) is 9.84 Å². The number of carbonyl (C=O) groups excluding carboxylic acids is 1. The van der Waals surface area contributed by atoms with Crippen molar-refractivity contribution in [2.24, 2.45) is 0 Å². The van der Waals surface area contributed by atoms with Gasteiger partial charge in [-0.25, -0.2) is 9.18 Å². The number of benzene rings is 1. The molecular formula is C15H23FN2O3. The third-order valence-corrected chi connectivity index (χ3v) is 2.89. The van der Waals surface area contributed by atoms with Crippen molar-refractivity contribution in [3.05, 3.63) is 29.6 Å². The minimum Gasteiger partial charge on any atom is -0.394 e. The number of hydrogen-bond donors (Lipinski definition) is 2. The molecule has 1 rings (SSSR count). The average Bonchev–Trinajstić information content (AvgIpc) is 2.36. The summed E-state index contributed by atoms with van der Waals surface area (Å²) in [4.78, 5) is 13.8. The van der Waals surface area contributed by atoms with E-state index in [-0.39, 0.29) is 31.1 Å². The molecule has 5 nitrogen and oxygen atoms in total. The Balaban J connectivity index is 2.63. The fraction of sp³-hybridized carbons (Fsp3) is 0.533. The lowest BCUT2D eigenvalue weighted by Crippen LogP contribution is -2.42. The Bertz CT molecular complexity index is 446. The number of halogens is 1. The van der Waals surface area contributed by atoms with Gasteiger partial charge in [-0.1, -0.05) is 0 Å². The van der Waals surface area contributed by atoms with Crippen LogP contribution in [0.15, 0.2) is 18.2 Å². The maximum Gasteiger partial charge on any atom is 0.322 e. The zero-order valence-electron chi connectivity index (χ0n) is 12.7. The predicted molar refractivity (Wildman–Crippen MR) is 79.9 cm³/mol. The molecule has 118 valence electrons. The highest BCUT2D eigenvalue weighted by atomic mass is 19.1. The first kappa shape index (κ1) is 17.4. The first-order valence-corrected chi connectivity index (χ1v) is 6.97. The van der Waals surface area contributed by atoms with E-state index in [1.807, 2.05) is 13.8 Å². The van der Waals surface area contributed by atoms with E-state index < -0.39 is 0 Å². The van der Waals surface area contributed by atoms with E-state index >= 15 is 0 Å². The Kier molecular flexibility index (Phi) is 7.11. The van der Waals surface area contributed by atoms with Crippen molar-refractivity contribution in [3.63, 3.8) is 0 Å². The number of ether oxygens (including phenoxy) is 1. The van der Waals surface area contributed by atoms with Gasteiger partial charge in [0.05, 0.1) is 19.8 Å². The molecule has 0 fully saturated rings. The van der Waals surface area contributed by atoms with Gasteiger partial charge in [-0.2, -0.15) is 0 Å². The molecule has 0 atom stereocenters. The van der Waals surface area contributed by atoms with Crippen LogP contribution in [0, 0.1) is 12.7 Å². The Hall–Kier alpha value is -1.66. The van der Waals surface area contributed by atoms with Crippen LogP contribution in [0.2, 0.25) is 0 Å². The van der Waals surface area contributed by atoms with E-state index in [1.54, 1.807) is 17.9 Å². The maximum atomic E-state index is 13.3. The van der Waals surface area contributed by atoms with E-state index in [9.17, 15) is 9.18 Å². The second-order valence-electron chi connectivity index (χ2n) is 5.07. The maximum absolute atomic E-state index is 13.3. The molecule has 0 unspecified atom stereocenters. The largest absolute Gasteiger partial charge is 0.394 e. The van der Waals surface area contributed by atoms with E-state index in [2.05, 4.69) is 5.32 Å². The third-order valence-electron chi connectivity index (χ3n) is 2.89. The normalized spacial score (nSPS) is 10.8. The van der Waals surface area contributed by atoms with Gasteiger partial charge in [-0.05, 0) is 44.5 Å². The molecule has 0 aromatic heterocycles. The number of carbonyl (C=O) groups is 1. The van der Waals surface area contributed by atoms with Crippen LogP contribution < -0.4 is 5.32 Å². The van der Waals surface area contributed by atoms with E-state index in [1.165, 1.54) is 12.1 Å². The van der Waals surface area contributed by atoms with Crippen LogP contribution in [0.3, 0.4) is 0 Å². The number of anilines is 1. The monoisotopic (exact) mass is 298 g/mol. The Morgan fingerprint density at radius 2 is 2.10 bits per heavy atom. The second-order valence-corrected chi connectivity index (χ2v) is 5.07. The highest BCUT2D eigenvalue weighted by molar-refractivity contribution is 5.89. The highest BCUT2D eigenvalue weighted by Gasteiger charge is 2.17. The van der Waals surface area contributed by atoms with Crippen LogP contribution >= 0.6 is 0 Å². The van der Waals surface area contributed by atoms with E-state index in [0.717, 1.165) is 5.56 Å². The number of rotatable bonds is 7. The van der Waals surface area contributed by atoms with Gasteiger partial charge in [-0.3, -0.25) is 0 Å². The number of amides is 2. The van der Waals surface area contributed by atoms with Crippen LogP contribution in [-0.2, 0) is 4.74 Å². The molecule has 1 aromatic rings. The number of urea groups is 1. The molecular weight excluding hydrogens is 275 g/mol. The SMILES string of the molecule is Cc1cc(F)cc(NC(=O)N(CCOCCO)C(C)C)c1. The van der Waals surface area contributed by atoms with Crippen molar-refractivity contribution in [2.45, 2.75) is 26.8 Å². The molecule has 0 aliphatic heterocycles. The van der Waals surface area contributed by atoms with Crippen LogP contribution in [0.5, 0.6) is 0 Å². The topological polar surface area (TPSA) is 61.8 Å². The first-order valence-electron chi connectivity index (χ1n) is 6.97. The van der Waals surface area contributed by atoms with Crippen LogP contribution in [-0.4, -0.2) is 48.4 Å². The van der Waals surface area contributed by atoms with Crippen LogP contribution in [0.4, 0.5) is 14.9 Å². The molecule has 0 radical (unpaired) electrons. The van der Waals surface area contributed by atoms with Crippen molar-refractivity contribution in [3.8, 4) is 0 Å². The summed E-state index contributed by atoms with van der Waals surface area (Å²) in [5.74, 6) is -0.382. The van der Waals surface area contributed by atoms with Crippen LogP contribution in [0.25, 0.3) is 0 Å². The standard InChI is InChI=1S/C15H23FN2O3/c1-11(2)18(4-6-21-7-5-19)15(20)17-14-9-12(3)8-13(16)10-14/h8-11,19H,4-7H2,1-3H3,(H,17,20). The molecule has 0 saturated heterocycles. The summed E-state index contributed by atoms with van der Waals surface area (Å²) in [5.41, 5.74) is 1.17. The average molecular weight is 298 g/mol. The minimum atomic E-state index is -0.382. The van der Waals surface area contributed by atoms with Crippen molar-refractivity contribution in [1.29, 1.82) is 0 Å². The molecule has 0 spiro atoms. The van der Waals surface area contributed by atoms with Gasteiger partial charge in [0, 0.05) is 18.3 Å². The van der Waals surface area contributed by atoms with Gasteiger partial charge in [0.1, 0.15) is 5.82 Å². The number of nitrogens with zero attached hydrogens (tertiary/aromatic N) is 1. The van der Waals surface area contributed by atoms with Crippen molar-refractivity contribution < 1.29 is 19.0 Å². The van der Waals surface area contributed by atoms with Gasteiger partial charge in [0.15, 0.2) is 0 Å². The third kappa shape index (κ3) is 6.10. The van der Waals surface area contributed by atoms with Crippen molar-refractivity contribution >= 4 is 11.7 Å². The number of aliphatic hydroxyl groups is 1. The lowest BCUT2D eigenvalue weighted by Gasteiger charge is -2.27. The fourth-order valence-corrected chi connectivity index (χ4v) is 1.93. The minimum absolute atomic E-state index is 0.0163. The Morgan fingerprint density at radius 3 is 2.67 bits per heavy atom. The molecule has 2 amide bonds. The van der Waals surface area contributed by atoms with Crippen LogP contribution in [0.1, 0.15) is 19.4 Å². The molecule has 2 N–H and O–H groups in total. The molecule has 0 saturated carbocycles. The van der Waals surface area contributed by atoms with Crippen molar-refractivity contribution in [2.75, 3.05) is 31.7 Å². The number of nitrogens with one attached hydrogen (secondary N) is 1. The lowest BCUT2D eigenvalue weighted by atomic mass is 10.2. The summed E-state index contributed by atoms with van der Waals surface area (Å²) >= 11 is 0. The fourth-order valence-electron chi connectivity index (χ4n) is 1.93. The van der Waals surface area contributed by atoms with Gasteiger partial charge >= 0.3 is 6.03 Å². The smallest absolute Gasteiger partial charge is 0.322 e. The number of aryl methyl sites for hydroxylation is 1. The zero-order chi connectivity index (χ0) is 15.8. The quantitative estimate of drug-likeness (QED) is 0.760. The van der Waals surface area contributed by atoms with E-state index in [0.29, 0.717) is 18.8 Å². The van der Waals surface area contributed by atoms with Gasteiger partial charge in [0.25, 0.3) is 0 Å². The predicted octanol–water partition coefficient (Wildman–Crippen LogP) is 2.39. The highest BCUT2D eigenvalue weighted by Crippen LogP contribution is 2.14. The first-order chi connectivity index (χ1) is 9.93. The molecule has 0 aliphatic carbocycles. The summed E-state index contributed by atoms with van der Waals surface area (Å²) < 4.78 is 18.5.